The molecular weight excluding hydrogens is 232 g/mol. The van der Waals surface area contributed by atoms with Crippen molar-refractivity contribution < 1.29 is 0 Å². The lowest BCUT2D eigenvalue weighted by molar-refractivity contribution is 0.300. The molecule has 1 aromatic rings. The van der Waals surface area contributed by atoms with Crippen LogP contribution in [0.5, 0.6) is 0 Å². The quantitative estimate of drug-likeness (QED) is 0.889. The zero-order chi connectivity index (χ0) is 11.4. The molecule has 17 heavy (non-hydrogen) atoms. The SMILES string of the molecule is Cc1ccc(CNCC2CCCN2C)cc1.Cl. The molecule has 0 saturated carbocycles. The maximum Gasteiger partial charge on any atom is 0.0218 e. The standard InChI is InChI=1S/C14H22N2.ClH/c1-12-5-7-13(8-6-12)10-15-11-14-4-3-9-16(14)2;/h5-8,14-15H,3-4,9-11H2,1-2H3;1H. The first kappa shape index (κ1) is 14.5. The van der Waals surface area contributed by atoms with Crippen molar-refractivity contribution in [2.24, 2.45) is 0 Å². The summed E-state index contributed by atoms with van der Waals surface area (Å²) in [6.45, 7) is 5.50. The van der Waals surface area contributed by atoms with Crippen LogP contribution < -0.4 is 5.32 Å². The van der Waals surface area contributed by atoms with Crippen molar-refractivity contribution in [1.82, 2.24) is 10.2 Å². The van der Waals surface area contributed by atoms with Gasteiger partial charge in [0.1, 0.15) is 0 Å². The molecular formula is C14H23ClN2. The minimum atomic E-state index is 0. The van der Waals surface area contributed by atoms with Crippen LogP contribution in [0.2, 0.25) is 0 Å². The van der Waals surface area contributed by atoms with Gasteiger partial charge in [-0.15, -0.1) is 12.4 Å². The Hall–Kier alpha value is -0.570. The smallest absolute Gasteiger partial charge is 0.0218 e. The topological polar surface area (TPSA) is 15.3 Å². The molecule has 1 atom stereocenters. The lowest BCUT2D eigenvalue weighted by Gasteiger charge is -2.19. The summed E-state index contributed by atoms with van der Waals surface area (Å²) in [5, 5.41) is 3.55. The van der Waals surface area contributed by atoms with Crippen LogP contribution >= 0.6 is 12.4 Å². The van der Waals surface area contributed by atoms with E-state index in [2.05, 4.69) is 48.5 Å². The minimum Gasteiger partial charge on any atom is -0.311 e. The molecule has 1 saturated heterocycles. The van der Waals surface area contributed by atoms with Gasteiger partial charge in [0.15, 0.2) is 0 Å². The lowest BCUT2D eigenvalue weighted by atomic mass is 10.1. The van der Waals surface area contributed by atoms with E-state index in [4.69, 9.17) is 0 Å². The highest BCUT2D eigenvalue weighted by Gasteiger charge is 2.19. The van der Waals surface area contributed by atoms with Crippen molar-refractivity contribution in [3.05, 3.63) is 35.4 Å². The first-order valence-corrected chi connectivity index (χ1v) is 6.22. The molecule has 2 nitrogen and oxygen atoms in total. The number of likely N-dealkylation sites (N-methyl/N-ethyl adjacent to an activating group) is 1. The fourth-order valence-corrected chi connectivity index (χ4v) is 2.33. The number of halogens is 1. The van der Waals surface area contributed by atoms with Crippen LogP contribution in [0.25, 0.3) is 0 Å². The molecule has 1 heterocycles. The number of likely N-dealkylation sites (tertiary alicyclic amines) is 1. The van der Waals surface area contributed by atoms with Gasteiger partial charge in [0.2, 0.25) is 0 Å². The average molecular weight is 255 g/mol. The van der Waals surface area contributed by atoms with E-state index in [0.717, 1.165) is 19.1 Å². The molecule has 1 aromatic carbocycles. The Morgan fingerprint density at radius 2 is 2.00 bits per heavy atom. The highest BCUT2D eigenvalue weighted by Crippen LogP contribution is 2.13. The average Bonchev–Trinajstić information content (AvgIpc) is 2.68. The fourth-order valence-electron chi connectivity index (χ4n) is 2.33. The van der Waals surface area contributed by atoms with E-state index >= 15 is 0 Å². The van der Waals surface area contributed by atoms with Crippen molar-refractivity contribution in [2.45, 2.75) is 32.4 Å². The van der Waals surface area contributed by atoms with Crippen molar-refractivity contribution >= 4 is 12.4 Å². The van der Waals surface area contributed by atoms with Gasteiger partial charge < -0.3 is 10.2 Å². The third kappa shape index (κ3) is 4.30. The first-order chi connectivity index (χ1) is 7.75. The van der Waals surface area contributed by atoms with E-state index < -0.39 is 0 Å². The second kappa shape index (κ2) is 7.00. The van der Waals surface area contributed by atoms with Crippen molar-refractivity contribution in [2.75, 3.05) is 20.1 Å². The Balaban J connectivity index is 0.00000144. The summed E-state index contributed by atoms with van der Waals surface area (Å²) in [6.07, 6.45) is 2.70. The van der Waals surface area contributed by atoms with Gasteiger partial charge >= 0.3 is 0 Å². The predicted octanol–water partition coefficient (Wildman–Crippen LogP) is 2.60. The van der Waals surface area contributed by atoms with E-state index in [-0.39, 0.29) is 12.4 Å². The second-order valence-electron chi connectivity index (χ2n) is 4.89. The highest BCUT2D eigenvalue weighted by atomic mass is 35.5. The fraction of sp³-hybridized carbons (Fsp3) is 0.571. The second-order valence-corrected chi connectivity index (χ2v) is 4.89. The maximum absolute atomic E-state index is 3.55. The summed E-state index contributed by atoms with van der Waals surface area (Å²) in [5.74, 6) is 0. The van der Waals surface area contributed by atoms with Crippen molar-refractivity contribution in [3.8, 4) is 0 Å². The molecule has 0 spiro atoms. The van der Waals surface area contributed by atoms with Crippen LogP contribution in [-0.4, -0.2) is 31.1 Å². The van der Waals surface area contributed by atoms with E-state index in [1.807, 2.05) is 0 Å². The number of nitrogens with zero attached hydrogens (tertiary/aromatic N) is 1. The number of rotatable bonds is 4. The molecule has 1 aliphatic rings. The Kier molecular flexibility index (Phi) is 5.96. The molecule has 0 bridgehead atoms. The Morgan fingerprint density at radius 1 is 1.29 bits per heavy atom. The lowest BCUT2D eigenvalue weighted by Crippen LogP contribution is -2.35. The maximum atomic E-state index is 3.55. The summed E-state index contributed by atoms with van der Waals surface area (Å²) >= 11 is 0. The monoisotopic (exact) mass is 254 g/mol. The molecule has 1 fully saturated rings. The van der Waals surface area contributed by atoms with Crippen LogP contribution in [-0.2, 0) is 6.54 Å². The van der Waals surface area contributed by atoms with Crippen LogP contribution in [0.1, 0.15) is 24.0 Å². The molecule has 1 N–H and O–H groups in total. The van der Waals surface area contributed by atoms with Crippen LogP contribution in [0.4, 0.5) is 0 Å². The van der Waals surface area contributed by atoms with Crippen molar-refractivity contribution in [1.29, 1.82) is 0 Å². The van der Waals surface area contributed by atoms with Crippen LogP contribution in [0, 0.1) is 6.92 Å². The summed E-state index contributed by atoms with van der Waals surface area (Å²) in [4.78, 5) is 2.46. The zero-order valence-corrected chi connectivity index (χ0v) is 11.6. The summed E-state index contributed by atoms with van der Waals surface area (Å²) in [5.41, 5.74) is 2.71. The van der Waals surface area contributed by atoms with E-state index in [9.17, 15) is 0 Å². The molecule has 96 valence electrons. The number of aryl methyl sites for hydroxylation is 1. The summed E-state index contributed by atoms with van der Waals surface area (Å²) < 4.78 is 0. The minimum absolute atomic E-state index is 0. The molecule has 0 aliphatic carbocycles. The van der Waals surface area contributed by atoms with Gasteiger partial charge in [-0.2, -0.15) is 0 Å². The van der Waals surface area contributed by atoms with Gasteiger partial charge in [-0.25, -0.2) is 0 Å². The molecule has 3 heteroatoms. The normalized spacial score (nSPS) is 20.2. The van der Waals surface area contributed by atoms with Crippen molar-refractivity contribution in [3.63, 3.8) is 0 Å². The highest BCUT2D eigenvalue weighted by molar-refractivity contribution is 5.85. The van der Waals surface area contributed by atoms with E-state index in [1.54, 1.807) is 0 Å². The van der Waals surface area contributed by atoms with Crippen LogP contribution in [0.3, 0.4) is 0 Å². The van der Waals surface area contributed by atoms with Gasteiger partial charge in [0, 0.05) is 19.1 Å². The van der Waals surface area contributed by atoms with Gasteiger partial charge in [-0.3, -0.25) is 0 Å². The Morgan fingerprint density at radius 3 is 2.59 bits per heavy atom. The zero-order valence-electron chi connectivity index (χ0n) is 10.8. The number of nitrogens with one attached hydrogen (secondary N) is 1. The summed E-state index contributed by atoms with van der Waals surface area (Å²) in [7, 11) is 2.23. The Bertz CT molecular complexity index is 323. The van der Waals surface area contributed by atoms with Gasteiger partial charge in [-0.05, 0) is 38.9 Å². The molecule has 0 radical (unpaired) electrons. The third-order valence-corrected chi connectivity index (χ3v) is 3.50. The van der Waals surface area contributed by atoms with Gasteiger partial charge in [-0.1, -0.05) is 29.8 Å². The van der Waals surface area contributed by atoms with Gasteiger partial charge in [0.05, 0.1) is 0 Å². The predicted molar refractivity (Wildman–Crippen MR) is 75.8 cm³/mol. The Labute approximate surface area is 111 Å². The molecule has 2 rings (SSSR count). The van der Waals surface area contributed by atoms with Gasteiger partial charge in [0.25, 0.3) is 0 Å². The largest absolute Gasteiger partial charge is 0.311 e. The first-order valence-electron chi connectivity index (χ1n) is 6.22. The summed E-state index contributed by atoms with van der Waals surface area (Å²) in [6, 6.07) is 9.52. The van der Waals surface area contributed by atoms with E-state index in [0.29, 0.717) is 0 Å². The number of hydrogen-bond acceptors (Lipinski definition) is 2. The molecule has 0 aromatic heterocycles. The number of hydrogen-bond donors (Lipinski definition) is 1. The van der Waals surface area contributed by atoms with Crippen LogP contribution in [0.15, 0.2) is 24.3 Å². The molecule has 1 aliphatic heterocycles. The third-order valence-electron chi connectivity index (χ3n) is 3.50. The number of benzene rings is 1. The van der Waals surface area contributed by atoms with E-state index in [1.165, 1.54) is 30.5 Å². The molecule has 1 unspecified atom stereocenters. The molecule has 0 amide bonds.